The van der Waals surface area contributed by atoms with Crippen molar-refractivity contribution in [1.29, 1.82) is 0 Å². The van der Waals surface area contributed by atoms with E-state index in [9.17, 15) is 9.59 Å². The minimum absolute atomic E-state index is 0.00671. The molecule has 3 aromatic carbocycles. The van der Waals surface area contributed by atoms with Crippen molar-refractivity contribution in [1.82, 2.24) is 15.1 Å². The largest absolute Gasteiger partial charge is 0.364 e. The number of carbonyl (C=O) groups excluding carboxylic acids is 2. The standard InChI is InChI=1S/C34H40Cl2N4O2/c1-3-4-19-38(2)32(41)25-12-15-28(16-13-25)40-22-18-34(27-10-6-5-7-11-27,37-33(42)39-20-8-9-21-39)24-31(40)26-14-17-29(35)30(36)23-26/h5-7,10-17,23,31H,3-4,8-9,18-22,24H2,1-2H3,(H,37,42). The number of hydrogen-bond donors (Lipinski definition) is 1. The van der Waals surface area contributed by atoms with Gasteiger partial charge in [-0.05, 0) is 79.6 Å². The van der Waals surface area contributed by atoms with Gasteiger partial charge < -0.3 is 20.0 Å². The van der Waals surface area contributed by atoms with Gasteiger partial charge in [0.05, 0.1) is 21.6 Å². The molecule has 2 aliphatic heterocycles. The maximum absolute atomic E-state index is 13.5. The summed E-state index contributed by atoms with van der Waals surface area (Å²) in [6.45, 7) is 5.15. The second kappa shape index (κ2) is 13.4. The van der Waals surface area contributed by atoms with Gasteiger partial charge in [0.1, 0.15) is 0 Å². The number of piperidine rings is 1. The molecule has 1 N–H and O–H groups in total. The zero-order valence-electron chi connectivity index (χ0n) is 24.5. The lowest BCUT2D eigenvalue weighted by atomic mass is 9.75. The van der Waals surface area contributed by atoms with Crippen LogP contribution in [0.3, 0.4) is 0 Å². The smallest absolute Gasteiger partial charge is 0.318 e. The summed E-state index contributed by atoms with van der Waals surface area (Å²) in [5.74, 6) is 0.0300. The number of amides is 3. The van der Waals surface area contributed by atoms with Crippen LogP contribution < -0.4 is 10.2 Å². The number of unbranched alkanes of at least 4 members (excludes halogenated alkanes) is 1. The highest BCUT2D eigenvalue weighted by atomic mass is 35.5. The number of rotatable bonds is 8. The van der Waals surface area contributed by atoms with Crippen LogP contribution in [0.15, 0.2) is 72.8 Å². The number of carbonyl (C=O) groups is 2. The summed E-state index contributed by atoms with van der Waals surface area (Å²) in [6.07, 6.45) is 5.49. The molecule has 2 fully saturated rings. The van der Waals surface area contributed by atoms with Crippen LogP contribution >= 0.6 is 23.2 Å². The Bertz CT molecular complexity index is 1380. The second-order valence-electron chi connectivity index (χ2n) is 11.5. The van der Waals surface area contributed by atoms with Gasteiger partial charge in [0.25, 0.3) is 5.91 Å². The van der Waals surface area contributed by atoms with Crippen molar-refractivity contribution in [3.8, 4) is 0 Å². The molecule has 0 spiro atoms. The van der Waals surface area contributed by atoms with E-state index in [1.165, 1.54) is 0 Å². The molecule has 2 saturated heterocycles. The molecule has 0 bridgehead atoms. The molecule has 2 atom stereocenters. The Kier molecular flexibility index (Phi) is 9.64. The SMILES string of the molecule is CCCCN(C)C(=O)c1ccc(N2CCC(NC(=O)N3CCCC3)(c3ccccc3)CC2c2ccc(Cl)c(Cl)c2)cc1. The third-order valence-corrected chi connectivity index (χ3v) is 9.47. The minimum Gasteiger partial charge on any atom is -0.364 e. The molecule has 6 nitrogen and oxygen atoms in total. The number of anilines is 1. The monoisotopic (exact) mass is 606 g/mol. The number of likely N-dealkylation sites (tertiary alicyclic amines) is 1. The van der Waals surface area contributed by atoms with Gasteiger partial charge in [-0.25, -0.2) is 4.79 Å². The number of hydrogen-bond acceptors (Lipinski definition) is 3. The van der Waals surface area contributed by atoms with Crippen LogP contribution in [0.1, 0.15) is 73.0 Å². The van der Waals surface area contributed by atoms with Crippen LogP contribution in [0.25, 0.3) is 0 Å². The predicted octanol–water partition coefficient (Wildman–Crippen LogP) is 7.91. The van der Waals surface area contributed by atoms with E-state index >= 15 is 0 Å². The summed E-state index contributed by atoms with van der Waals surface area (Å²) in [6, 6.07) is 23.9. The van der Waals surface area contributed by atoms with Crippen molar-refractivity contribution in [2.75, 3.05) is 38.1 Å². The van der Waals surface area contributed by atoms with Crippen molar-refractivity contribution in [3.05, 3.63) is 99.5 Å². The fourth-order valence-corrected chi connectivity index (χ4v) is 6.56. The van der Waals surface area contributed by atoms with Crippen LogP contribution in [-0.4, -0.2) is 55.0 Å². The molecule has 3 aromatic rings. The van der Waals surface area contributed by atoms with Gasteiger partial charge >= 0.3 is 6.03 Å². The first-order chi connectivity index (χ1) is 20.3. The first-order valence-corrected chi connectivity index (χ1v) is 15.8. The Balaban J connectivity index is 1.49. The van der Waals surface area contributed by atoms with Crippen molar-refractivity contribution in [2.45, 2.75) is 57.0 Å². The first kappa shape index (κ1) is 30.2. The Morgan fingerprint density at radius 2 is 1.67 bits per heavy atom. The highest BCUT2D eigenvalue weighted by Crippen LogP contribution is 2.45. The molecule has 2 heterocycles. The molecule has 2 unspecified atom stereocenters. The lowest BCUT2D eigenvalue weighted by Crippen LogP contribution is -2.56. The molecule has 8 heteroatoms. The molecule has 0 radical (unpaired) electrons. The third kappa shape index (κ3) is 6.55. The average Bonchev–Trinajstić information content (AvgIpc) is 3.57. The van der Waals surface area contributed by atoms with Crippen LogP contribution in [0.2, 0.25) is 10.0 Å². The summed E-state index contributed by atoms with van der Waals surface area (Å²) < 4.78 is 0. The van der Waals surface area contributed by atoms with E-state index in [4.69, 9.17) is 23.2 Å². The fraction of sp³-hybridized carbons (Fsp3) is 0.412. The summed E-state index contributed by atoms with van der Waals surface area (Å²) in [5, 5.41) is 4.50. The number of halogens is 2. The number of urea groups is 1. The van der Waals surface area contributed by atoms with E-state index in [-0.39, 0.29) is 18.0 Å². The number of benzene rings is 3. The Morgan fingerprint density at radius 1 is 0.952 bits per heavy atom. The fourth-order valence-electron chi connectivity index (χ4n) is 6.26. The van der Waals surface area contributed by atoms with E-state index in [1.807, 2.05) is 72.6 Å². The number of nitrogens with zero attached hydrogens (tertiary/aromatic N) is 3. The Morgan fingerprint density at radius 3 is 2.33 bits per heavy atom. The van der Waals surface area contributed by atoms with Gasteiger partial charge in [-0.2, -0.15) is 0 Å². The van der Waals surface area contributed by atoms with Crippen LogP contribution in [0.5, 0.6) is 0 Å². The van der Waals surface area contributed by atoms with Gasteiger partial charge in [0.15, 0.2) is 0 Å². The Hall–Kier alpha value is -3.22. The summed E-state index contributed by atoms with van der Waals surface area (Å²) >= 11 is 12.9. The van der Waals surface area contributed by atoms with Gasteiger partial charge in [0, 0.05) is 44.5 Å². The molecule has 222 valence electrons. The molecule has 42 heavy (non-hydrogen) atoms. The zero-order chi connectivity index (χ0) is 29.7. The molecular weight excluding hydrogens is 567 g/mol. The van der Waals surface area contributed by atoms with E-state index < -0.39 is 5.54 Å². The highest BCUT2D eigenvalue weighted by Gasteiger charge is 2.44. The van der Waals surface area contributed by atoms with E-state index in [1.54, 1.807) is 4.90 Å². The molecule has 2 aliphatic rings. The van der Waals surface area contributed by atoms with Gasteiger partial charge in [-0.1, -0.05) is 72.9 Å². The quantitative estimate of drug-likeness (QED) is 0.283. The van der Waals surface area contributed by atoms with E-state index in [2.05, 4.69) is 29.3 Å². The van der Waals surface area contributed by atoms with E-state index in [0.717, 1.165) is 68.6 Å². The van der Waals surface area contributed by atoms with Crippen molar-refractivity contribution >= 4 is 40.8 Å². The maximum atomic E-state index is 13.5. The molecule has 5 rings (SSSR count). The zero-order valence-corrected chi connectivity index (χ0v) is 26.0. The molecule has 0 aliphatic carbocycles. The van der Waals surface area contributed by atoms with Crippen molar-refractivity contribution < 1.29 is 9.59 Å². The van der Waals surface area contributed by atoms with Crippen molar-refractivity contribution in [2.24, 2.45) is 0 Å². The molecule has 3 amide bonds. The van der Waals surface area contributed by atoms with Gasteiger partial charge in [-0.3, -0.25) is 4.79 Å². The first-order valence-electron chi connectivity index (χ1n) is 15.0. The average molecular weight is 608 g/mol. The predicted molar refractivity (Wildman–Crippen MR) is 172 cm³/mol. The van der Waals surface area contributed by atoms with E-state index in [0.29, 0.717) is 28.6 Å². The van der Waals surface area contributed by atoms with Crippen LogP contribution in [-0.2, 0) is 5.54 Å². The topological polar surface area (TPSA) is 55.9 Å². The van der Waals surface area contributed by atoms with Crippen molar-refractivity contribution in [3.63, 3.8) is 0 Å². The normalized spacial score (nSPS) is 20.4. The van der Waals surface area contributed by atoms with Gasteiger partial charge in [0.2, 0.25) is 0 Å². The Labute approximate surface area is 259 Å². The summed E-state index contributed by atoms with van der Waals surface area (Å²) in [4.78, 5) is 32.6. The maximum Gasteiger partial charge on any atom is 0.318 e. The molecule has 0 saturated carbocycles. The van der Waals surface area contributed by atoms with Crippen LogP contribution in [0, 0.1) is 0 Å². The molecule has 0 aromatic heterocycles. The van der Waals surface area contributed by atoms with Crippen LogP contribution in [0.4, 0.5) is 10.5 Å². The van der Waals surface area contributed by atoms with Gasteiger partial charge in [-0.15, -0.1) is 0 Å². The second-order valence-corrected chi connectivity index (χ2v) is 12.4. The minimum atomic E-state index is -0.563. The summed E-state index contributed by atoms with van der Waals surface area (Å²) in [7, 11) is 1.86. The third-order valence-electron chi connectivity index (χ3n) is 8.73. The highest BCUT2D eigenvalue weighted by molar-refractivity contribution is 6.42. The number of nitrogens with one attached hydrogen (secondary N) is 1. The summed E-state index contributed by atoms with van der Waals surface area (Å²) in [5.41, 5.74) is 3.26. The lowest BCUT2D eigenvalue weighted by Gasteiger charge is -2.49. The molecular formula is C34H40Cl2N4O2. The lowest BCUT2D eigenvalue weighted by molar-refractivity contribution is 0.0793.